The van der Waals surface area contributed by atoms with Crippen molar-refractivity contribution in [3.8, 4) is 11.5 Å². The Balaban J connectivity index is 1.67. The molecule has 1 amide bonds. The van der Waals surface area contributed by atoms with Crippen molar-refractivity contribution in [2.24, 2.45) is 5.10 Å². The maximum atomic E-state index is 13.5. The second-order valence-corrected chi connectivity index (χ2v) is 8.61. The van der Waals surface area contributed by atoms with Crippen LogP contribution in [0.25, 0.3) is 22.2 Å². The van der Waals surface area contributed by atoms with Gasteiger partial charge in [-0.25, -0.2) is 9.97 Å². The molecule has 0 spiro atoms. The Hall–Kier alpha value is -4.92. The van der Waals surface area contributed by atoms with E-state index >= 15 is 0 Å². The maximum absolute atomic E-state index is 13.5. The van der Waals surface area contributed by atoms with Crippen LogP contribution in [0.15, 0.2) is 65.8 Å². The molecule has 0 atom stereocenters. The van der Waals surface area contributed by atoms with Gasteiger partial charge in [0.05, 0.1) is 31.5 Å². The molecule has 2 heterocycles. The number of methoxy groups -OCH3 is 2. The SMILES string of the molecule is COc1cccc(/C=N\n2c(N)c(C(=O)Nc3cc(C)cc(C)c3)c3nc4ccccc4nc32)c1OC. The van der Waals surface area contributed by atoms with E-state index < -0.39 is 5.91 Å². The van der Waals surface area contributed by atoms with E-state index in [2.05, 4.69) is 10.4 Å². The zero-order valence-corrected chi connectivity index (χ0v) is 20.9. The standard InChI is InChI=1S/C28H26N6O3/c1-16-12-17(2)14-19(13-16)31-28(35)23-24-27(33-21-10-6-5-9-20(21)32-24)34(26(23)29)30-15-18-8-7-11-22(36-3)25(18)37-4/h5-15H,29H2,1-4H3,(H,31,35)/b30-15-. The van der Waals surface area contributed by atoms with Gasteiger partial charge in [-0.05, 0) is 61.4 Å². The number of benzene rings is 3. The molecular weight excluding hydrogens is 468 g/mol. The third kappa shape index (κ3) is 4.42. The van der Waals surface area contributed by atoms with E-state index in [9.17, 15) is 4.79 Å². The van der Waals surface area contributed by atoms with E-state index in [-0.39, 0.29) is 11.4 Å². The van der Waals surface area contributed by atoms with Gasteiger partial charge < -0.3 is 20.5 Å². The molecule has 9 nitrogen and oxygen atoms in total. The summed E-state index contributed by atoms with van der Waals surface area (Å²) in [5, 5.41) is 7.53. The van der Waals surface area contributed by atoms with Crippen molar-refractivity contribution in [3.05, 3.63) is 82.9 Å². The van der Waals surface area contributed by atoms with E-state index in [4.69, 9.17) is 25.2 Å². The number of hydrogen-bond donors (Lipinski definition) is 2. The summed E-state index contributed by atoms with van der Waals surface area (Å²) in [5.41, 5.74) is 12.2. The van der Waals surface area contributed by atoms with Gasteiger partial charge >= 0.3 is 0 Å². The molecule has 2 aromatic heterocycles. The first kappa shape index (κ1) is 23.8. The lowest BCUT2D eigenvalue weighted by atomic mass is 10.1. The van der Waals surface area contributed by atoms with Crippen LogP contribution in [-0.4, -0.2) is 41.0 Å². The highest BCUT2D eigenvalue weighted by Gasteiger charge is 2.24. The second kappa shape index (κ2) is 9.62. The average Bonchev–Trinajstić information content (AvgIpc) is 3.14. The number of nitrogens with two attached hydrogens (primary N) is 1. The van der Waals surface area contributed by atoms with Crippen LogP contribution in [-0.2, 0) is 0 Å². The molecule has 0 aliphatic carbocycles. The van der Waals surface area contributed by atoms with Crippen LogP contribution in [0.4, 0.5) is 11.5 Å². The van der Waals surface area contributed by atoms with Crippen molar-refractivity contribution in [2.75, 3.05) is 25.3 Å². The number of carbonyl (C=O) groups is 1. The minimum absolute atomic E-state index is 0.116. The Morgan fingerprint density at radius 1 is 0.973 bits per heavy atom. The molecule has 0 bridgehead atoms. The van der Waals surface area contributed by atoms with Gasteiger partial charge in [0.1, 0.15) is 16.9 Å². The Bertz CT molecular complexity index is 1670. The van der Waals surface area contributed by atoms with Crippen LogP contribution < -0.4 is 20.5 Å². The summed E-state index contributed by atoms with van der Waals surface area (Å²) < 4.78 is 12.3. The number of amides is 1. The summed E-state index contributed by atoms with van der Waals surface area (Å²) in [6.45, 7) is 3.95. The van der Waals surface area contributed by atoms with Gasteiger partial charge in [-0.3, -0.25) is 4.79 Å². The van der Waals surface area contributed by atoms with Crippen molar-refractivity contribution >= 4 is 45.8 Å². The summed E-state index contributed by atoms with van der Waals surface area (Å²) in [4.78, 5) is 23.0. The number of aryl methyl sites for hydroxylation is 2. The van der Waals surface area contributed by atoms with Gasteiger partial charge in [-0.1, -0.05) is 24.3 Å². The molecule has 0 saturated carbocycles. The van der Waals surface area contributed by atoms with Crippen molar-refractivity contribution in [3.63, 3.8) is 0 Å². The smallest absolute Gasteiger partial charge is 0.261 e. The Kier molecular flexibility index (Phi) is 6.19. The van der Waals surface area contributed by atoms with Gasteiger partial charge in [-0.15, -0.1) is 0 Å². The average molecular weight is 495 g/mol. The first-order valence-electron chi connectivity index (χ1n) is 11.6. The lowest BCUT2D eigenvalue weighted by molar-refractivity contribution is 0.102. The zero-order valence-electron chi connectivity index (χ0n) is 20.9. The molecule has 0 saturated heterocycles. The lowest BCUT2D eigenvalue weighted by Crippen LogP contribution is -2.14. The number of nitrogens with one attached hydrogen (secondary N) is 1. The van der Waals surface area contributed by atoms with Crippen LogP contribution in [0.2, 0.25) is 0 Å². The fourth-order valence-electron chi connectivity index (χ4n) is 4.36. The van der Waals surface area contributed by atoms with Crippen LogP contribution in [0.5, 0.6) is 11.5 Å². The van der Waals surface area contributed by atoms with Crippen LogP contribution in [0.3, 0.4) is 0 Å². The first-order chi connectivity index (χ1) is 17.9. The fourth-order valence-corrected chi connectivity index (χ4v) is 4.36. The minimum Gasteiger partial charge on any atom is -0.493 e. The van der Waals surface area contributed by atoms with Crippen molar-refractivity contribution < 1.29 is 14.3 Å². The summed E-state index contributed by atoms with van der Waals surface area (Å²) in [5.74, 6) is 0.805. The van der Waals surface area contributed by atoms with Gasteiger partial charge in [-0.2, -0.15) is 9.78 Å². The summed E-state index contributed by atoms with van der Waals surface area (Å²) in [7, 11) is 3.12. The van der Waals surface area contributed by atoms with Crippen molar-refractivity contribution in [2.45, 2.75) is 13.8 Å². The number of fused-ring (bicyclic) bond motifs is 2. The van der Waals surface area contributed by atoms with Crippen molar-refractivity contribution in [1.29, 1.82) is 0 Å². The molecule has 3 aromatic carbocycles. The van der Waals surface area contributed by atoms with Gasteiger partial charge in [0.25, 0.3) is 5.91 Å². The molecular formula is C28H26N6O3. The summed E-state index contributed by atoms with van der Waals surface area (Å²) in [6.07, 6.45) is 1.58. The predicted octanol–water partition coefficient (Wildman–Crippen LogP) is 4.94. The molecule has 0 aliphatic rings. The van der Waals surface area contributed by atoms with Gasteiger partial charge in [0.2, 0.25) is 0 Å². The number of aromatic nitrogens is 3. The van der Waals surface area contributed by atoms with Crippen molar-refractivity contribution in [1.82, 2.24) is 14.6 Å². The lowest BCUT2D eigenvalue weighted by Gasteiger charge is -2.09. The number of para-hydroxylation sites is 3. The number of ether oxygens (including phenoxy) is 2. The number of anilines is 2. The van der Waals surface area contributed by atoms with Crippen LogP contribution in [0.1, 0.15) is 27.0 Å². The number of nitrogens with zero attached hydrogens (tertiary/aromatic N) is 4. The fraction of sp³-hybridized carbons (Fsp3) is 0.143. The molecule has 3 N–H and O–H groups in total. The Morgan fingerprint density at radius 2 is 1.68 bits per heavy atom. The molecule has 9 heteroatoms. The number of hydrogen-bond acceptors (Lipinski definition) is 7. The summed E-state index contributed by atoms with van der Waals surface area (Å²) in [6, 6.07) is 18.7. The van der Waals surface area contributed by atoms with Crippen LogP contribution >= 0.6 is 0 Å². The van der Waals surface area contributed by atoms with E-state index in [0.29, 0.717) is 44.9 Å². The topological polar surface area (TPSA) is 117 Å². The van der Waals surface area contributed by atoms with Gasteiger partial charge in [0.15, 0.2) is 17.1 Å². The monoisotopic (exact) mass is 494 g/mol. The second-order valence-electron chi connectivity index (χ2n) is 8.61. The molecule has 37 heavy (non-hydrogen) atoms. The Morgan fingerprint density at radius 3 is 2.35 bits per heavy atom. The quantitative estimate of drug-likeness (QED) is 0.323. The van der Waals surface area contributed by atoms with E-state index in [1.54, 1.807) is 26.5 Å². The number of carbonyl (C=O) groups excluding carboxylic acids is 1. The maximum Gasteiger partial charge on any atom is 0.261 e. The minimum atomic E-state index is -0.398. The first-order valence-corrected chi connectivity index (χ1v) is 11.6. The third-order valence-electron chi connectivity index (χ3n) is 5.93. The largest absolute Gasteiger partial charge is 0.493 e. The normalized spacial score (nSPS) is 11.4. The van der Waals surface area contributed by atoms with E-state index in [0.717, 1.165) is 11.1 Å². The molecule has 5 aromatic rings. The highest BCUT2D eigenvalue weighted by Crippen LogP contribution is 2.31. The number of nitrogen functional groups attached to an aromatic ring is 1. The molecule has 0 unspecified atom stereocenters. The highest BCUT2D eigenvalue weighted by atomic mass is 16.5. The number of rotatable bonds is 6. The van der Waals surface area contributed by atoms with E-state index in [1.165, 1.54) is 4.68 Å². The Labute approximate surface area is 213 Å². The van der Waals surface area contributed by atoms with Crippen LogP contribution in [0, 0.1) is 13.8 Å². The zero-order chi connectivity index (χ0) is 26.1. The molecule has 0 aliphatic heterocycles. The predicted molar refractivity (Wildman–Crippen MR) is 146 cm³/mol. The summed E-state index contributed by atoms with van der Waals surface area (Å²) >= 11 is 0. The third-order valence-corrected chi connectivity index (χ3v) is 5.93. The molecule has 5 rings (SSSR count). The van der Waals surface area contributed by atoms with E-state index in [1.807, 2.05) is 68.4 Å². The molecule has 0 radical (unpaired) electrons. The molecule has 186 valence electrons. The highest BCUT2D eigenvalue weighted by molar-refractivity contribution is 6.16. The molecule has 0 fully saturated rings. The van der Waals surface area contributed by atoms with Gasteiger partial charge in [0, 0.05) is 11.3 Å².